The molecule has 0 fully saturated rings. The molecule has 0 amide bonds. The zero-order valence-electron chi connectivity index (χ0n) is 13.2. The molecular formula is C19H13NO4S. The molecule has 0 aliphatic carbocycles. The number of aryl methyl sites for hydroxylation is 1. The molecule has 2 aromatic heterocycles. The van der Waals surface area contributed by atoms with Crippen molar-refractivity contribution in [3.8, 4) is 5.75 Å². The van der Waals surface area contributed by atoms with Gasteiger partial charge in [-0.3, -0.25) is 4.79 Å². The van der Waals surface area contributed by atoms with Gasteiger partial charge >= 0.3 is 5.63 Å². The van der Waals surface area contributed by atoms with E-state index < -0.39 is 11.2 Å². The number of nitrogens with zero attached hydrogens (tertiary/aromatic N) is 1. The van der Waals surface area contributed by atoms with E-state index in [1.54, 1.807) is 31.3 Å². The molecule has 0 saturated heterocycles. The van der Waals surface area contributed by atoms with Crippen molar-refractivity contribution in [3.63, 3.8) is 0 Å². The van der Waals surface area contributed by atoms with E-state index in [1.165, 1.54) is 4.57 Å². The Hall–Kier alpha value is -2.99. The van der Waals surface area contributed by atoms with Gasteiger partial charge in [0, 0.05) is 17.3 Å². The Morgan fingerprint density at radius 3 is 2.44 bits per heavy atom. The van der Waals surface area contributed by atoms with Crippen LogP contribution in [0.3, 0.4) is 0 Å². The summed E-state index contributed by atoms with van der Waals surface area (Å²) >= 11 is 1.07. The van der Waals surface area contributed by atoms with Crippen molar-refractivity contribution in [2.24, 2.45) is 7.05 Å². The van der Waals surface area contributed by atoms with Crippen molar-refractivity contribution in [2.45, 2.75) is 9.79 Å². The first-order valence-electron chi connectivity index (χ1n) is 7.58. The van der Waals surface area contributed by atoms with Crippen LogP contribution in [0.15, 0.2) is 78.4 Å². The van der Waals surface area contributed by atoms with Gasteiger partial charge in [0.2, 0.25) is 0 Å². The van der Waals surface area contributed by atoms with Crippen LogP contribution < -0.4 is 11.2 Å². The lowest BCUT2D eigenvalue weighted by molar-refractivity contribution is 0.447. The average molecular weight is 351 g/mol. The molecule has 0 bridgehead atoms. The second-order valence-electron chi connectivity index (χ2n) is 5.57. The Balaban J connectivity index is 2.09. The number of aromatic hydroxyl groups is 1. The van der Waals surface area contributed by atoms with Crippen LogP contribution >= 0.6 is 11.8 Å². The second kappa shape index (κ2) is 5.82. The number of benzene rings is 2. The van der Waals surface area contributed by atoms with E-state index in [-0.39, 0.29) is 21.6 Å². The standard InChI is InChI=1S/C19H13NO4S/c1-20-13-10-6-5-9-12(13)16-14(18(20)22)15(21)17(19(23)24-16)25-11-7-3-2-4-8-11/h2-10,21H,1H3. The third kappa shape index (κ3) is 2.42. The second-order valence-corrected chi connectivity index (χ2v) is 6.65. The Morgan fingerprint density at radius 1 is 1.00 bits per heavy atom. The predicted octanol–water partition coefficient (Wildman–Crippen LogP) is 3.50. The van der Waals surface area contributed by atoms with Crippen LogP contribution in [0.5, 0.6) is 5.75 Å². The molecule has 2 aromatic carbocycles. The van der Waals surface area contributed by atoms with Crippen molar-refractivity contribution >= 4 is 33.6 Å². The minimum atomic E-state index is -0.669. The Bertz CT molecular complexity index is 1230. The Kier molecular flexibility index (Phi) is 3.62. The molecule has 2 heterocycles. The molecule has 4 aromatic rings. The van der Waals surface area contributed by atoms with E-state index in [0.717, 1.165) is 16.7 Å². The summed E-state index contributed by atoms with van der Waals surface area (Å²) in [7, 11) is 1.62. The maximum atomic E-state index is 12.7. The van der Waals surface area contributed by atoms with Crippen molar-refractivity contribution < 1.29 is 9.52 Å². The largest absolute Gasteiger partial charge is 0.505 e. The average Bonchev–Trinajstić information content (AvgIpc) is 2.63. The SMILES string of the molecule is Cn1c(=O)c2c(O)c(Sc3ccccc3)c(=O)oc2c2ccccc21. The van der Waals surface area contributed by atoms with Crippen LogP contribution in [-0.4, -0.2) is 9.67 Å². The van der Waals surface area contributed by atoms with Crippen molar-refractivity contribution in [2.75, 3.05) is 0 Å². The van der Waals surface area contributed by atoms with Gasteiger partial charge in [-0.25, -0.2) is 4.79 Å². The summed E-state index contributed by atoms with van der Waals surface area (Å²) in [6.45, 7) is 0. The van der Waals surface area contributed by atoms with Crippen LogP contribution in [0.1, 0.15) is 0 Å². The number of para-hydroxylation sites is 1. The fourth-order valence-electron chi connectivity index (χ4n) is 2.83. The van der Waals surface area contributed by atoms with Gasteiger partial charge in [-0.1, -0.05) is 42.1 Å². The highest BCUT2D eigenvalue weighted by atomic mass is 32.2. The maximum absolute atomic E-state index is 12.7. The van der Waals surface area contributed by atoms with Crippen molar-refractivity contribution in [1.82, 2.24) is 4.57 Å². The van der Waals surface area contributed by atoms with Crippen LogP contribution in [0.4, 0.5) is 0 Å². The normalized spacial score (nSPS) is 11.2. The minimum absolute atomic E-state index is 0.00563. The number of pyridine rings is 1. The molecule has 0 radical (unpaired) electrons. The number of aromatic nitrogens is 1. The van der Waals surface area contributed by atoms with Gasteiger partial charge < -0.3 is 14.1 Å². The first-order valence-corrected chi connectivity index (χ1v) is 8.40. The molecular weight excluding hydrogens is 338 g/mol. The molecule has 0 aliphatic rings. The minimum Gasteiger partial charge on any atom is -0.505 e. The summed E-state index contributed by atoms with van der Waals surface area (Å²) in [4.78, 5) is 25.9. The monoisotopic (exact) mass is 351 g/mol. The Morgan fingerprint density at radius 2 is 1.68 bits per heavy atom. The fraction of sp³-hybridized carbons (Fsp3) is 0.0526. The summed E-state index contributed by atoms with van der Waals surface area (Å²) in [5.41, 5.74) is -0.341. The third-order valence-corrected chi connectivity index (χ3v) is 5.12. The maximum Gasteiger partial charge on any atom is 0.354 e. The number of fused-ring (bicyclic) bond motifs is 3. The summed E-state index contributed by atoms with van der Waals surface area (Å²) in [6, 6.07) is 16.2. The first kappa shape index (κ1) is 15.5. The van der Waals surface area contributed by atoms with E-state index in [1.807, 2.05) is 30.3 Å². The van der Waals surface area contributed by atoms with Crippen LogP contribution in [-0.2, 0) is 7.05 Å². The summed E-state index contributed by atoms with van der Waals surface area (Å²) in [6.07, 6.45) is 0. The molecule has 0 saturated carbocycles. The highest BCUT2D eigenvalue weighted by Gasteiger charge is 2.21. The van der Waals surface area contributed by atoms with Crippen LogP contribution in [0.2, 0.25) is 0 Å². The van der Waals surface area contributed by atoms with Crippen molar-refractivity contribution in [3.05, 3.63) is 75.4 Å². The fourth-order valence-corrected chi connectivity index (χ4v) is 3.68. The van der Waals surface area contributed by atoms with Gasteiger partial charge in [-0.2, -0.15) is 0 Å². The molecule has 6 heteroatoms. The quantitative estimate of drug-likeness (QED) is 0.560. The smallest absolute Gasteiger partial charge is 0.354 e. The molecule has 0 spiro atoms. The first-order chi connectivity index (χ1) is 12.1. The van der Waals surface area contributed by atoms with Gasteiger partial charge in [0.1, 0.15) is 10.3 Å². The van der Waals surface area contributed by atoms with E-state index in [4.69, 9.17) is 4.42 Å². The molecule has 5 nitrogen and oxygen atoms in total. The van der Waals surface area contributed by atoms with Gasteiger partial charge in [0.15, 0.2) is 11.3 Å². The van der Waals surface area contributed by atoms with Gasteiger partial charge in [-0.05, 0) is 24.3 Å². The van der Waals surface area contributed by atoms with Gasteiger partial charge in [-0.15, -0.1) is 0 Å². The number of rotatable bonds is 2. The molecule has 4 rings (SSSR count). The number of hydrogen-bond donors (Lipinski definition) is 1. The lowest BCUT2D eigenvalue weighted by Crippen LogP contribution is -2.19. The molecule has 0 atom stereocenters. The van der Waals surface area contributed by atoms with Crippen LogP contribution in [0, 0.1) is 0 Å². The predicted molar refractivity (Wildman–Crippen MR) is 97.5 cm³/mol. The zero-order valence-corrected chi connectivity index (χ0v) is 14.0. The van der Waals surface area contributed by atoms with E-state index in [9.17, 15) is 14.7 Å². The van der Waals surface area contributed by atoms with E-state index in [0.29, 0.717) is 10.9 Å². The topological polar surface area (TPSA) is 72.4 Å². The molecule has 0 aliphatic heterocycles. The Labute approximate surface area is 146 Å². The molecule has 25 heavy (non-hydrogen) atoms. The molecule has 124 valence electrons. The molecule has 0 unspecified atom stereocenters. The zero-order chi connectivity index (χ0) is 17.6. The third-order valence-electron chi connectivity index (χ3n) is 4.05. The lowest BCUT2D eigenvalue weighted by Gasteiger charge is -2.10. The van der Waals surface area contributed by atoms with E-state index in [2.05, 4.69) is 0 Å². The highest BCUT2D eigenvalue weighted by Crippen LogP contribution is 2.36. The summed E-state index contributed by atoms with van der Waals surface area (Å²) < 4.78 is 6.88. The summed E-state index contributed by atoms with van der Waals surface area (Å²) in [5, 5.41) is 11.3. The van der Waals surface area contributed by atoms with Crippen LogP contribution in [0.25, 0.3) is 21.9 Å². The number of hydrogen-bond acceptors (Lipinski definition) is 5. The van der Waals surface area contributed by atoms with Gasteiger partial charge in [0.05, 0.1) is 5.52 Å². The van der Waals surface area contributed by atoms with E-state index >= 15 is 0 Å². The van der Waals surface area contributed by atoms with Gasteiger partial charge in [0.25, 0.3) is 5.56 Å². The van der Waals surface area contributed by atoms with Crippen molar-refractivity contribution in [1.29, 1.82) is 0 Å². The highest BCUT2D eigenvalue weighted by molar-refractivity contribution is 7.99. The summed E-state index contributed by atoms with van der Waals surface area (Å²) in [5.74, 6) is -0.341. The molecule has 1 N–H and O–H groups in total. The lowest BCUT2D eigenvalue weighted by atomic mass is 10.1.